The maximum Gasteiger partial charge on any atom is 0.333 e. The highest BCUT2D eigenvalue weighted by Crippen LogP contribution is 2.33. The predicted octanol–water partition coefficient (Wildman–Crippen LogP) is 2.07. The van der Waals surface area contributed by atoms with Gasteiger partial charge in [-0.15, -0.1) is 0 Å². The molecular formula is C19H22O6. The number of carbonyl (C=O) groups excluding carboxylic acids is 1. The number of rotatable bonds is 9. The molecule has 2 rings (SSSR count). The molecule has 0 aliphatic heterocycles. The van der Waals surface area contributed by atoms with Crippen molar-refractivity contribution in [3.8, 4) is 11.5 Å². The van der Waals surface area contributed by atoms with E-state index in [1.807, 2.05) is 24.3 Å². The minimum Gasteiger partial charge on any atom is -0.491 e. The topological polar surface area (TPSA) is 85.2 Å². The van der Waals surface area contributed by atoms with Crippen molar-refractivity contribution in [1.82, 2.24) is 0 Å². The number of hydrogen-bond acceptors (Lipinski definition) is 6. The summed E-state index contributed by atoms with van der Waals surface area (Å²) in [6, 6.07) is 11.0. The van der Waals surface area contributed by atoms with Crippen LogP contribution in [-0.4, -0.2) is 48.7 Å². The summed E-state index contributed by atoms with van der Waals surface area (Å²) in [6.45, 7) is 4.96. The molecule has 0 amide bonds. The monoisotopic (exact) mass is 346 g/mol. The first-order valence-corrected chi connectivity index (χ1v) is 7.92. The third-order valence-corrected chi connectivity index (χ3v) is 3.38. The van der Waals surface area contributed by atoms with Crippen molar-refractivity contribution in [2.75, 3.05) is 26.4 Å². The molecule has 6 nitrogen and oxygen atoms in total. The highest BCUT2D eigenvalue weighted by atomic mass is 16.5. The Kier molecular flexibility index (Phi) is 6.80. The zero-order valence-corrected chi connectivity index (χ0v) is 14.1. The summed E-state index contributed by atoms with van der Waals surface area (Å²) in [4.78, 5) is 11.3. The molecular weight excluding hydrogens is 324 g/mol. The molecule has 2 aromatic carbocycles. The molecule has 134 valence electrons. The van der Waals surface area contributed by atoms with Gasteiger partial charge in [-0.1, -0.05) is 30.8 Å². The zero-order chi connectivity index (χ0) is 18.2. The quantitative estimate of drug-likeness (QED) is 0.534. The molecule has 0 aliphatic carbocycles. The van der Waals surface area contributed by atoms with Crippen LogP contribution in [0.2, 0.25) is 0 Å². The molecule has 0 saturated carbocycles. The van der Waals surface area contributed by atoms with Gasteiger partial charge in [-0.2, -0.15) is 0 Å². The highest BCUT2D eigenvalue weighted by Gasteiger charge is 2.12. The summed E-state index contributed by atoms with van der Waals surface area (Å²) in [7, 11) is 0. The van der Waals surface area contributed by atoms with Crippen LogP contribution in [0.25, 0.3) is 10.8 Å². The number of benzene rings is 2. The summed E-state index contributed by atoms with van der Waals surface area (Å²) in [5.74, 6) is 0.681. The number of carbonyl (C=O) groups is 1. The van der Waals surface area contributed by atoms with E-state index >= 15 is 0 Å². The molecule has 1 atom stereocenters. The van der Waals surface area contributed by atoms with Crippen molar-refractivity contribution in [3.63, 3.8) is 0 Å². The highest BCUT2D eigenvalue weighted by molar-refractivity contribution is 5.93. The van der Waals surface area contributed by atoms with Gasteiger partial charge in [0, 0.05) is 16.3 Å². The van der Waals surface area contributed by atoms with Crippen molar-refractivity contribution < 1.29 is 29.2 Å². The number of ether oxygens (including phenoxy) is 3. The van der Waals surface area contributed by atoms with E-state index in [1.54, 1.807) is 12.1 Å². The minimum absolute atomic E-state index is 0.0235. The van der Waals surface area contributed by atoms with Crippen LogP contribution in [0, 0.1) is 0 Å². The summed E-state index contributed by atoms with van der Waals surface area (Å²) in [5.41, 5.74) is 0.276. The van der Waals surface area contributed by atoms with E-state index in [-0.39, 0.29) is 32.0 Å². The molecule has 0 saturated heterocycles. The number of hydrogen-bond donors (Lipinski definition) is 2. The Hall–Kier alpha value is -2.57. The van der Waals surface area contributed by atoms with Gasteiger partial charge in [-0.25, -0.2) is 4.79 Å². The molecule has 0 aromatic heterocycles. The number of aliphatic hydroxyl groups is 2. The molecule has 0 spiro atoms. The van der Waals surface area contributed by atoms with Gasteiger partial charge in [0.1, 0.15) is 37.4 Å². The summed E-state index contributed by atoms with van der Waals surface area (Å²) in [6.07, 6.45) is -0.952. The first-order chi connectivity index (χ1) is 12.0. The standard InChI is InChI=1S/C19H22O6/c1-13(2)19(22)25-12-14(21)11-24-18-8-7-17(23-10-9-20)15-5-3-4-6-16(15)18/h3-8,14,20-21H,1,9-12H2,2H3. The Balaban J connectivity index is 2.04. The van der Waals surface area contributed by atoms with Gasteiger partial charge >= 0.3 is 5.97 Å². The van der Waals surface area contributed by atoms with Gasteiger partial charge in [0.15, 0.2) is 0 Å². The van der Waals surface area contributed by atoms with Gasteiger partial charge in [-0.3, -0.25) is 0 Å². The summed E-state index contributed by atoms with van der Waals surface area (Å²) >= 11 is 0. The lowest BCUT2D eigenvalue weighted by Gasteiger charge is -2.15. The third kappa shape index (κ3) is 5.20. The van der Waals surface area contributed by atoms with Crippen LogP contribution in [0.15, 0.2) is 48.6 Å². The first kappa shape index (κ1) is 18.8. The fraction of sp³-hybridized carbons (Fsp3) is 0.316. The smallest absolute Gasteiger partial charge is 0.333 e. The molecule has 0 aliphatic rings. The third-order valence-electron chi connectivity index (χ3n) is 3.38. The van der Waals surface area contributed by atoms with Crippen molar-refractivity contribution in [2.45, 2.75) is 13.0 Å². The first-order valence-electron chi connectivity index (χ1n) is 7.92. The van der Waals surface area contributed by atoms with E-state index in [0.717, 1.165) is 10.8 Å². The Morgan fingerprint density at radius 1 is 1.08 bits per heavy atom. The Bertz CT molecular complexity index is 740. The molecule has 1 unspecified atom stereocenters. The van der Waals surface area contributed by atoms with Crippen LogP contribution < -0.4 is 9.47 Å². The van der Waals surface area contributed by atoms with Crippen LogP contribution in [-0.2, 0) is 9.53 Å². The van der Waals surface area contributed by atoms with Crippen LogP contribution in [0.3, 0.4) is 0 Å². The van der Waals surface area contributed by atoms with Crippen molar-refractivity contribution in [3.05, 3.63) is 48.6 Å². The van der Waals surface area contributed by atoms with Gasteiger partial charge in [0.25, 0.3) is 0 Å². The van der Waals surface area contributed by atoms with Crippen LogP contribution in [0.1, 0.15) is 6.92 Å². The average Bonchev–Trinajstić information content (AvgIpc) is 2.62. The van der Waals surface area contributed by atoms with Gasteiger partial charge in [0.2, 0.25) is 0 Å². The second-order valence-corrected chi connectivity index (χ2v) is 5.52. The van der Waals surface area contributed by atoms with Gasteiger partial charge in [-0.05, 0) is 19.1 Å². The second-order valence-electron chi connectivity index (χ2n) is 5.52. The lowest BCUT2D eigenvalue weighted by atomic mass is 10.1. The van der Waals surface area contributed by atoms with E-state index < -0.39 is 12.1 Å². The molecule has 0 heterocycles. The van der Waals surface area contributed by atoms with E-state index in [0.29, 0.717) is 11.5 Å². The predicted molar refractivity (Wildman–Crippen MR) is 93.8 cm³/mol. The minimum atomic E-state index is -0.952. The Morgan fingerprint density at radius 2 is 1.68 bits per heavy atom. The van der Waals surface area contributed by atoms with Crippen LogP contribution in [0.5, 0.6) is 11.5 Å². The lowest BCUT2D eigenvalue weighted by Crippen LogP contribution is -2.25. The maximum absolute atomic E-state index is 11.3. The van der Waals surface area contributed by atoms with Crippen molar-refractivity contribution >= 4 is 16.7 Å². The molecule has 2 N–H and O–H groups in total. The van der Waals surface area contributed by atoms with Crippen molar-refractivity contribution in [2.24, 2.45) is 0 Å². The summed E-state index contributed by atoms with van der Waals surface area (Å²) < 4.78 is 16.1. The second kappa shape index (κ2) is 9.05. The van der Waals surface area contributed by atoms with Crippen molar-refractivity contribution in [1.29, 1.82) is 0 Å². The number of aliphatic hydroxyl groups excluding tert-OH is 2. The fourth-order valence-corrected chi connectivity index (χ4v) is 2.18. The van der Waals surface area contributed by atoms with E-state index in [9.17, 15) is 9.90 Å². The largest absolute Gasteiger partial charge is 0.491 e. The molecule has 25 heavy (non-hydrogen) atoms. The Labute approximate surface area is 146 Å². The van der Waals surface area contributed by atoms with E-state index in [2.05, 4.69) is 6.58 Å². The normalized spacial score (nSPS) is 11.8. The zero-order valence-electron chi connectivity index (χ0n) is 14.1. The maximum atomic E-state index is 11.3. The van der Waals surface area contributed by atoms with Crippen LogP contribution in [0.4, 0.5) is 0 Å². The number of fused-ring (bicyclic) bond motifs is 1. The van der Waals surface area contributed by atoms with E-state index in [4.69, 9.17) is 19.3 Å². The fourth-order valence-electron chi connectivity index (χ4n) is 2.18. The van der Waals surface area contributed by atoms with Crippen LogP contribution >= 0.6 is 0 Å². The SMILES string of the molecule is C=C(C)C(=O)OCC(O)COc1ccc(OCCO)c2ccccc12. The Morgan fingerprint density at radius 3 is 2.24 bits per heavy atom. The number of esters is 1. The molecule has 0 bridgehead atoms. The average molecular weight is 346 g/mol. The lowest BCUT2D eigenvalue weighted by molar-refractivity contribution is -0.142. The molecule has 0 radical (unpaired) electrons. The molecule has 0 fully saturated rings. The van der Waals surface area contributed by atoms with Gasteiger partial charge in [0.05, 0.1) is 6.61 Å². The molecule has 2 aromatic rings. The molecule has 6 heteroatoms. The summed E-state index contributed by atoms with van der Waals surface area (Å²) in [5, 5.41) is 20.5. The van der Waals surface area contributed by atoms with Gasteiger partial charge < -0.3 is 24.4 Å². The van der Waals surface area contributed by atoms with E-state index in [1.165, 1.54) is 6.92 Å².